The lowest BCUT2D eigenvalue weighted by Crippen LogP contribution is -2.28. The average Bonchev–Trinajstić information content (AvgIpc) is 3.49. The third-order valence-corrected chi connectivity index (χ3v) is 6.09. The first-order chi connectivity index (χ1) is 15.8. The van der Waals surface area contributed by atoms with Gasteiger partial charge in [-0.3, -0.25) is 4.79 Å². The monoisotopic (exact) mass is 457 g/mol. The highest BCUT2D eigenvalue weighted by Crippen LogP contribution is 2.51. The number of methoxy groups -OCH3 is 1. The van der Waals surface area contributed by atoms with Gasteiger partial charge in [0.15, 0.2) is 11.5 Å². The fourth-order valence-electron chi connectivity index (χ4n) is 4.18. The molecule has 2 aliphatic rings. The van der Waals surface area contributed by atoms with E-state index in [0.29, 0.717) is 35.7 Å². The molecule has 8 heteroatoms. The van der Waals surface area contributed by atoms with Gasteiger partial charge in [-0.05, 0) is 54.3 Å². The molecule has 1 saturated carbocycles. The molecule has 3 aromatic carbocycles. The molecule has 0 saturated heterocycles. The maximum absolute atomic E-state index is 13.9. The summed E-state index contributed by atoms with van der Waals surface area (Å²) in [5.74, 6) is 1.16. The molecule has 1 heterocycles. The molecule has 5 rings (SSSR count). The maximum Gasteiger partial charge on any atom is 0.417 e. The van der Waals surface area contributed by atoms with Gasteiger partial charge in [-0.15, -0.1) is 0 Å². The molecule has 33 heavy (non-hydrogen) atoms. The Bertz CT molecular complexity index is 1240. The van der Waals surface area contributed by atoms with Crippen LogP contribution in [-0.4, -0.2) is 19.8 Å². The first-order valence-electron chi connectivity index (χ1n) is 10.4. The van der Waals surface area contributed by atoms with Gasteiger partial charge >= 0.3 is 6.18 Å². The van der Waals surface area contributed by atoms with Gasteiger partial charge in [0.05, 0.1) is 18.1 Å². The number of alkyl halides is 3. The average molecular weight is 457 g/mol. The Hall–Kier alpha value is -3.68. The number of anilines is 1. The van der Waals surface area contributed by atoms with Gasteiger partial charge in [0.2, 0.25) is 12.7 Å². The molecule has 172 valence electrons. The highest BCUT2D eigenvalue weighted by molar-refractivity contribution is 6.01. The SMILES string of the molecule is COc1ccccc1-c1ccc(NC(=O)C2(c3ccc4c(c3)OCO4)CC2)cc1C(F)(F)F.[HH]. The van der Waals surface area contributed by atoms with Gasteiger partial charge in [-0.25, -0.2) is 0 Å². The zero-order valence-corrected chi connectivity index (χ0v) is 17.7. The second-order valence-corrected chi connectivity index (χ2v) is 8.06. The number of hydrogen-bond acceptors (Lipinski definition) is 4. The van der Waals surface area contributed by atoms with Crippen molar-refractivity contribution in [2.45, 2.75) is 24.4 Å². The van der Waals surface area contributed by atoms with Gasteiger partial charge in [-0.2, -0.15) is 13.2 Å². The number of rotatable bonds is 5. The number of nitrogens with one attached hydrogen (secondary N) is 1. The summed E-state index contributed by atoms with van der Waals surface area (Å²) in [6.07, 6.45) is -3.42. The van der Waals surface area contributed by atoms with E-state index in [-0.39, 0.29) is 25.4 Å². The minimum atomic E-state index is -4.62. The predicted octanol–water partition coefficient (Wildman–Crippen LogP) is 6.03. The Kier molecular flexibility index (Phi) is 4.96. The number of para-hydroxylation sites is 1. The number of benzene rings is 3. The van der Waals surface area contributed by atoms with E-state index in [1.165, 1.54) is 19.2 Å². The van der Waals surface area contributed by atoms with Crippen molar-refractivity contribution >= 4 is 11.6 Å². The molecule has 0 atom stereocenters. The Morgan fingerprint density at radius 1 is 1.00 bits per heavy atom. The van der Waals surface area contributed by atoms with Crippen LogP contribution >= 0.6 is 0 Å². The Labute approximate surface area is 189 Å². The highest BCUT2D eigenvalue weighted by atomic mass is 19.4. The normalized spacial score (nSPS) is 15.8. The van der Waals surface area contributed by atoms with Gasteiger partial charge in [0, 0.05) is 12.7 Å². The maximum atomic E-state index is 13.9. The van der Waals surface area contributed by atoms with Crippen LogP contribution in [0.4, 0.5) is 18.9 Å². The van der Waals surface area contributed by atoms with E-state index in [1.54, 1.807) is 42.5 Å². The minimum absolute atomic E-state index is 0. The number of fused-ring (bicyclic) bond motifs is 1. The van der Waals surface area contributed by atoms with Crippen LogP contribution in [0.25, 0.3) is 11.1 Å². The summed E-state index contributed by atoms with van der Waals surface area (Å²) in [5, 5.41) is 2.69. The van der Waals surface area contributed by atoms with Crippen LogP contribution in [0.3, 0.4) is 0 Å². The molecule has 0 bridgehead atoms. The lowest BCUT2D eigenvalue weighted by molar-refractivity contribution is -0.137. The van der Waals surface area contributed by atoms with E-state index < -0.39 is 17.2 Å². The molecule has 1 amide bonds. The molecule has 0 radical (unpaired) electrons. The quantitative estimate of drug-likeness (QED) is 0.509. The number of halogens is 3. The van der Waals surface area contributed by atoms with Crippen molar-refractivity contribution in [3.8, 4) is 28.4 Å². The lowest BCUT2D eigenvalue weighted by atomic mass is 9.94. The summed E-state index contributed by atoms with van der Waals surface area (Å²) >= 11 is 0. The van der Waals surface area contributed by atoms with Crippen molar-refractivity contribution in [2.24, 2.45) is 0 Å². The van der Waals surface area contributed by atoms with Gasteiger partial charge in [0.1, 0.15) is 5.75 Å². The molecular formula is C25H22F3NO4. The zero-order valence-electron chi connectivity index (χ0n) is 17.7. The molecule has 1 fully saturated rings. The second-order valence-electron chi connectivity index (χ2n) is 8.06. The van der Waals surface area contributed by atoms with Gasteiger partial charge < -0.3 is 19.5 Å². The second kappa shape index (κ2) is 7.72. The Morgan fingerprint density at radius 2 is 1.76 bits per heavy atom. The van der Waals surface area contributed by atoms with Crippen LogP contribution in [0.5, 0.6) is 17.2 Å². The third kappa shape index (κ3) is 3.75. The van der Waals surface area contributed by atoms with E-state index in [9.17, 15) is 18.0 Å². The molecule has 1 aliphatic carbocycles. The molecule has 1 N–H and O–H groups in total. The summed E-state index contributed by atoms with van der Waals surface area (Å²) < 4.78 is 57.8. The summed E-state index contributed by atoms with van der Waals surface area (Å²) in [6.45, 7) is 0.122. The summed E-state index contributed by atoms with van der Waals surface area (Å²) in [6, 6.07) is 15.6. The molecule has 0 spiro atoms. The van der Waals surface area contributed by atoms with Crippen molar-refractivity contribution in [3.63, 3.8) is 0 Å². The highest BCUT2D eigenvalue weighted by Gasteiger charge is 2.51. The van der Waals surface area contributed by atoms with Crippen LogP contribution < -0.4 is 19.5 Å². The number of ether oxygens (including phenoxy) is 3. The molecule has 0 unspecified atom stereocenters. The van der Waals surface area contributed by atoms with Gasteiger partial charge in [-0.1, -0.05) is 30.3 Å². The number of carbonyl (C=O) groups is 1. The van der Waals surface area contributed by atoms with Gasteiger partial charge in [0.25, 0.3) is 0 Å². The number of carbonyl (C=O) groups excluding carboxylic acids is 1. The van der Waals surface area contributed by atoms with E-state index in [0.717, 1.165) is 11.6 Å². The minimum Gasteiger partial charge on any atom is -0.496 e. The molecule has 5 nitrogen and oxygen atoms in total. The van der Waals surface area contributed by atoms with Crippen molar-refractivity contribution in [2.75, 3.05) is 19.2 Å². The first kappa shape index (κ1) is 21.2. The van der Waals surface area contributed by atoms with Crippen LogP contribution in [0, 0.1) is 0 Å². The summed E-state index contributed by atoms with van der Waals surface area (Å²) in [7, 11) is 1.41. The first-order valence-corrected chi connectivity index (χ1v) is 10.4. The predicted molar refractivity (Wildman–Crippen MR) is 118 cm³/mol. The Morgan fingerprint density at radius 3 is 2.48 bits per heavy atom. The smallest absolute Gasteiger partial charge is 0.417 e. The molecule has 3 aromatic rings. The van der Waals surface area contributed by atoms with Crippen LogP contribution in [0.2, 0.25) is 0 Å². The summed E-state index contributed by atoms with van der Waals surface area (Å²) in [5.41, 5.74) is -0.499. The topological polar surface area (TPSA) is 56.8 Å². The van der Waals surface area contributed by atoms with Crippen LogP contribution in [0.1, 0.15) is 25.4 Å². The Balaban J connectivity index is 0.00000274. The van der Waals surface area contributed by atoms with Crippen LogP contribution in [0.15, 0.2) is 60.7 Å². The van der Waals surface area contributed by atoms with E-state index >= 15 is 0 Å². The van der Waals surface area contributed by atoms with E-state index in [2.05, 4.69) is 5.32 Å². The standard InChI is InChI=1S/C25H20F3NO4.H2/c1-31-20-5-3-2-4-18(20)17-8-7-16(13-19(17)25(26,27)28)29-23(30)24(10-11-24)15-6-9-21-22(12-15)33-14-32-21;/h2-9,12-13H,10-11,14H2,1H3,(H,29,30);1H. The molecular weight excluding hydrogens is 435 g/mol. The van der Waals surface area contributed by atoms with Crippen molar-refractivity contribution < 1.29 is 33.6 Å². The third-order valence-electron chi connectivity index (χ3n) is 6.09. The molecule has 1 aliphatic heterocycles. The number of amides is 1. The molecule has 0 aromatic heterocycles. The fraction of sp³-hybridized carbons (Fsp3) is 0.240. The zero-order chi connectivity index (χ0) is 23.2. The van der Waals surface area contributed by atoms with Crippen molar-refractivity contribution in [1.29, 1.82) is 0 Å². The number of hydrogen-bond donors (Lipinski definition) is 1. The fourth-order valence-corrected chi connectivity index (χ4v) is 4.18. The van der Waals surface area contributed by atoms with Crippen molar-refractivity contribution in [1.82, 2.24) is 0 Å². The lowest BCUT2D eigenvalue weighted by Gasteiger charge is -2.19. The van der Waals surface area contributed by atoms with E-state index in [4.69, 9.17) is 14.2 Å². The summed E-state index contributed by atoms with van der Waals surface area (Å²) in [4.78, 5) is 13.1. The van der Waals surface area contributed by atoms with Crippen molar-refractivity contribution in [3.05, 3.63) is 71.8 Å². The largest absolute Gasteiger partial charge is 0.496 e. The van der Waals surface area contributed by atoms with Crippen LogP contribution in [-0.2, 0) is 16.4 Å². The van der Waals surface area contributed by atoms with E-state index in [1.807, 2.05) is 0 Å².